The molecule has 4 N–H and O–H groups in total. The highest BCUT2D eigenvalue weighted by Gasteiger charge is 2.73. The van der Waals surface area contributed by atoms with E-state index in [1.165, 1.54) is 14.0 Å². The number of allylic oxidation sites excluding steroid dienone is 1. The van der Waals surface area contributed by atoms with Gasteiger partial charge in [-0.2, -0.15) is 0 Å². The number of aliphatic carboxylic acids is 1. The molecule has 1 aliphatic heterocycles. The molecular formula is C23H31NO7. The van der Waals surface area contributed by atoms with Gasteiger partial charge in [-0.3, -0.25) is 4.79 Å². The Morgan fingerprint density at radius 2 is 2.00 bits per heavy atom. The molecule has 0 radical (unpaired) electrons. The number of methoxy groups -OCH3 is 1. The Morgan fingerprint density at radius 1 is 1.32 bits per heavy atom. The molecule has 2 aliphatic rings. The Balaban J connectivity index is 2.12. The number of ether oxygens (including phenoxy) is 1. The number of aliphatic hydroxyl groups is 3. The standard InChI is InChI=1S/C23H31NO7/c1-22(30)18(12-13-25)20(27)24(14-15-8-10-17(31-2)11-9-15)23(22,21(28)29)19(26)16-6-4-3-5-7-16/h4,6,8-11,16,18-19,25-26,30H,3,5,7,12-14H2,1-2H3,(H,28,29)/t16-,18+,19+,22+,23+/m1/s1. The molecule has 170 valence electrons. The number of amides is 1. The van der Waals surface area contributed by atoms with Crippen molar-refractivity contribution in [3.63, 3.8) is 0 Å². The summed E-state index contributed by atoms with van der Waals surface area (Å²) < 4.78 is 5.15. The average Bonchev–Trinajstić information content (AvgIpc) is 2.92. The predicted octanol–water partition coefficient (Wildman–Crippen LogP) is 1.33. The fourth-order valence-corrected chi connectivity index (χ4v) is 5.12. The van der Waals surface area contributed by atoms with Gasteiger partial charge in [0.15, 0.2) is 5.54 Å². The zero-order valence-corrected chi connectivity index (χ0v) is 17.9. The van der Waals surface area contributed by atoms with Crippen LogP contribution in [0.1, 0.15) is 38.2 Å². The fraction of sp³-hybridized carbons (Fsp3) is 0.565. The summed E-state index contributed by atoms with van der Waals surface area (Å²) in [4.78, 5) is 27.3. The van der Waals surface area contributed by atoms with Crippen LogP contribution in [-0.4, -0.2) is 68.2 Å². The summed E-state index contributed by atoms with van der Waals surface area (Å²) in [7, 11) is 1.53. The molecule has 1 aromatic rings. The van der Waals surface area contributed by atoms with Crippen molar-refractivity contribution in [2.45, 2.75) is 56.4 Å². The van der Waals surface area contributed by atoms with Gasteiger partial charge in [-0.1, -0.05) is 24.3 Å². The summed E-state index contributed by atoms with van der Waals surface area (Å²) >= 11 is 0. The summed E-state index contributed by atoms with van der Waals surface area (Å²) in [5, 5.41) is 42.8. The number of aliphatic hydroxyl groups excluding tert-OH is 2. The van der Waals surface area contributed by atoms with Gasteiger partial charge in [0.2, 0.25) is 5.91 Å². The van der Waals surface area contributed by atoms with E-state index in [9.17, 15) is 30.0 Å². The average molecular weight is 434 g/mol. The summed E-state index contributed by atoms with van der Waals surface area (Å²) in [5.41, 5.74) is -3.74. The fourth-order valence-electron chi connectivity index (χ4n) is 5.12. The van der Waals surface area contributed by atoms with Gasteiger partial charge in [-0.05, 0) is 50.3 Å². The minimum Gasteiger partial charge on any atom is -0.497 e. The second-order valence-electron chi connectivity index (χ2n) is 8.52. The summed E-state index contributed by atoms with van der Waals surface area (Å²) in [6, 6.07) is 6.81. The van der Waals surface area contributed by atoms with Gasteiger partial charge in [0.25, 0.3) is 0 Å². The third-order valence-corrected chi connectivity index (χ3v) is 6.81. The number of carbonyl (C=O) groups excluding carboxylic acids is 1. The van der Waals surface area contributed by atoms with Crippen LogP contribution in [-0.2, 0) is 16.1 Å². The first-order valence-corrected chi connectivity index (χ1v) is 10.6. The molecule has 8 nitrogen and oxygen atoms in total. The van der Waals surface area contributed by atoms with E-state index in [2.05, 4.69) is 0 Å². The number of rotatable bonds is 8. The molecule has 3 rings (SSSR count). The van der Waals surface area contributed by atoms with Crippen LogP contribution in [0.2, 0.25) is 0 Å². The second kappa shape index (κ2) is 8.98. The van der Waals surface area contributed by atoms with Gasteiger partial charge in [-0.15, -0.1) is 0 Å². The minimum absolute atomic E-state index is 0.104. The molecule has 31 heavy (non-hydrogen) atoms. The first-order valence-electron chi connectivity index (χ1n) is 10.6. The van der Waals surface area contributed by atoms with E-state index in [0.717, 1.165) is 17.7 Å². The normalized spacial score (nSPS) is 31.6. The molecule has 0 aromatic heterocycles. The Morgan fingerprint density at radius 3 is 2.52 bits per heavy atom. The first kappa shape index (κ1) is 23.2. The number of carboxylic acids is 1. The number of nitrogens with zero attached hydrogens (tertiary/aromatic N) is 1. The molecule has 1 aromatic carbocycles. The highest BCUT2D eigenvalue weighted by molar-refractivity contribution is 5.96. The van der Waals surface area contributed by atoms with E-state index in [-0.39, 0.29) is 13.0 Å². The number of carbonyl (C=O) groups is 2. The van der Waals surface area contributed by atoms with E-state index >= 15 is 0 Å². The van der Waals surface area contributed by atoms with Crippen molar-refractivity contribution in [3.8, 4) is 5.75 Å². The summed E-state index contributed by atoms with van der Waals surface area (Å²) in [5.74, 6) is -3.13. The third-order valence-electron chi connectivity index (χ3n) is 6.81. The van der Waals surface area contributed by atoms with Crippen molar-refractivity contribution in [2.75, 3.05) is 13.7 Å². The van der Waals surface area contributed by atoms with Crippen molar-refractivity contribution in [2.24, 2.45) is 11.8 Å². The lowest BCUT2D eigenvalue weighted by Gasteiger charge is -2.47. The number of hydrogen-bond donors (Lipinski definition) is 4. The molecule has 0 bridgehead atoms. The number of likely N-dealkylation sites (tertiary alicyclic amines) is 1. The van der Waals surface area contributed by atoms with Crippen LogP contribution in [0.5, 0.6) is 5.75 Å². The van der Waals surface area contributed by atoms with Crippen LogP contribution in [0.15, 0.2) is 36.4 Å². The molecule has 0 spiro atoms. The van der Waals surface area contributed by atoms with Crippen LogP contribution in [0.4, 0.5) is 0 Å². The zero-order chi connectivity index (χ0) is 22.8. The molecule has 0 unspecified atom stereocenters. The van der Waals surface area contributed by atoms with Gasteiger partial charge < -0.3 is 30.1 Å². The largest absolute Gasteiger partial charge is 0.497 e. The van der Waals surface area contributed by atoms with Gasteiger partial charge >= 0.3 is 5.97 Å². The first-order chi connectivity index (χ1) is 14.7. The van der Waals surface area contributed by atoms with Gasteiger partial charge in [0.1, 0.15) is 11.4 Å². The molecular weight excluding hydrogens is 402 g/mol. The van der Waals surface area contributed by atoms with Gasteiger partial charge in [-0.25, -0.2) is 4.79 Å². The molecule has 8 heteroatoms. The molecule has 1 amide bonds. The van der Waals surface area contributed by atoms with Crippen LogP contribution in [0.3, 0.4) is 0 Å². The highest BCUT2D eigenvalue weighted by atomic mass is 16.5. The number of hydrogen-bond acceptors (Lipinski definition) is 6. The van der Waals surface area contributed by atoms with Crippen molar-refractivity contribution in [3.05, 3.63) is 42.0 Å². The molecule has 1 saturated heterocycles. The maximum absolute atomic E-state index is 13.4. The van der Waals surface area contributed by atoms with Crippen LogP contribution < -0.4 is 4.74 Å². The van der Waals surface area contributed by atoms with Crippen LogP contribution in [0.25, 0.3) is 0 Å². The monoisotopic (exact) mass is 433 g/mol. The molecule has 1 aliphatic carbocycles. The van der Waals surface area contributed by atoms with Crippen molar-refractivity contribution in [1.29, 1.82) is 0 Å². The Labute approximate surface area is 181 Å². The summed E-state index contributed by atoms with van der Waals surface area (Å²) in [6.07, 6.45) is 4.19. The zero-order valence-electron chi connectivity index (χ0n) is 17.9. The van der Waals surface area contributed by atoms with Crippen LogP contribution in [0, 0.1) is 11.8 Å². The SMILES string of the molecule is COc1ccc(CN2C(=O)[C@H](CCO)[C@](C)(O)[C@@]2(C(=O)O)[C@@H](O)[C@@H]2C=CCCC2)cc1. The molecule has 5 atom stereocenters. The molecule has 1 fully saturated rings. The van der Waals surface area contributed by atoms with E-state index in [0.29, 0.717) is 17.7 Å². The summed E-state index contributed by atoms with van der Waals surface area (Å²) in [6.45, 7) is 0.780. The van der Waals surface area contributed by atoms with Crippen molar-refractivity contribution < 1.29 is 34.8 Å². The highest BCUT2D eigenvalue weighted by Crippen LogP contribution is 2.50. The maximum Gasteiger partial charge on any atom is 0.335 e. The van der Waals surface area contributed by atoms with E-state index < -0.39 is 47.6 Å². The van der Waals surface area contributed by atoms with E-state index in [1.807, 2.05) is 6.08 Å². The smallest absolute Gasteiger partial charge is 0.335 e. The predicted molar refractivity (Wildman–Crippen MR) is 112 cm³/mol. The lowest BCUT2D eigenvalue weighted by molar-refractivity contribution is -0.188. The van der Waals surface area contributed by atoms with Crippen LogP contribution >= 0.6 is 0 Å². The maximum atomic E-state index is 13.4. The van der Waals surface area contributed by atoms with Crippen molar-refractivity contribution >= 4 is 11.9 Å². The van der Waals surface area contributed by atoms with Gasteiger partial charge in [0, 0.05) is 19.1 Å². The molecule has 0 saturated carbocycles. The third kappa shape index (κ3) is 3.73. The lowest BCUT2D eigenvalue weighted by Crippen LogP contribution is -2.71. The van der Waals surface area contributed by atoms with E-state index in [1.54, 1.807) is 30.3 Å². The van der Waals surface area contributed by atoms with Crippen molar-refractivity contribution in [1.82, 2.24) is 4.90 Å². The minimum atomic E-state index is -2.27. The molecule has 1 heterocycles. The Bertz CT molecular complexity index is 835. The van der Waals surface area contributed by atoms with E-state index in [4.69, 9.17) is 4.74 Å². The topological polar surface area (TPSA) is 128 Å². The van der Waals surface area contributed by atoms with Gasteiger partial charge in [0.05, 0.1) is 19.1 Å². The Kier molecular flexibility index (Phi) is 6.73. The number of carboxylic acid groups (broad SMARTS) is 1. The Hall–Kier alpha value is -2.42. The quantitative estimate of drug-likeness (QED) is 0.456. The second-order valence-corrected chi connectivity index (χ2v) is 8.52. The number of benzene rings is 1. The lowest BCUT2D eigenvalue weighted by atomic mass is 9.67.